The van der Waals surface area contributed by atoms with E-state index in [1.807, 2.05) is 67.6 Å². The highest BCUT2D eigenvalue weighted by Gasteiger charge is 2.19. The molecule has 0 unspecified atom stereocenters. The molecule has 0 spiro atoms. The number of nitrogens with zero attached hydrogens (tertiary/aromatic N) is 3. The van der Waals surface area contributed by atoms with Crippen molar-refractivity contribution in [2.24, 2.45) is 0 Å². The molecule has 7 heteroatoms. The monoisotopic (exact) mass is 439 g/mol. The molecule has 0 aliphatic carbocycles. The quantitative estimate of drug-likeness (QED) is 0.435. The lowest BCUT2D eigenvalue weighted by atomic mass is 10.1. The van der Waals surface area contributed by atoms with Crippen LogP contribution in [-0.4, -0.2) is 33.1 Å². The zero-order valence-electron chi connectivity index (χ0n) is 18.4. The first-order chi connectivity index (χ1) is 16.1. The molecule has 2 aromatic carbocycles. The van der Waals surface area contributed by atoms with Crippen molar-refractivity contribution >= 4 is 17.5 Å². The maximum atomic E-state index is 13.0. The van der Waals surface area contributed by atoms with Crippen molar-refractivity contribution in [1.29, 1.82) is 0 Å². The maximum absolute atomic E-state index is 13.0. The summed E-state index contributed by atoms with van der Waals surface area (Å²) in [7, 11) is 0. The molecular weight excluding hydrogens is 414 g/mol. The van der Waals surface area contributed by atoms with Gasteiger partial charge in [-0.2, -0.15) is 5.10 Å². The van der Waals surface area contributed by atoms with E-state index in [0.29, 0.717) is 17.8 Å². The average Bonchev–Trinajstić information content (AvgIpc) is 3.28. The van der Waals surface area contributed by atoms with E-state index in [-0.39, 0.29) is 18.4 Å². The molecule has 2 amide bonds. The van der Waals surface area contributed by atoms with Gasteiger partial charge in [0.25, 0.3) is 5.91 Å². The second kappa shape index (κ2) is 10.4. The minimum absolute atomic E-state index is 0.146. The summed E-state index contributed by atoms with van der Waals surface area (Å²) in [5.41, 5.74) is 4.51. The number of amides is 2. The van der Waals surface area contributed by atoms with E-state index in [0.717, 1.165) is 28.8 Å². The summed E-state index contributed by atoms with van der Waals surface area (Å²) < 4.78 is 1.73. The lowest BCUT2D eigenvalue weighted by Gasteiger charge is -2.10. The fourth-order valence-electron chi connectivity index (χ4n) is 3.56. The fraction of sp³-hybridized carbons (Fsp3) is 0.154. The number of aryl methyl sites for hydroxylation is 1. The number of hydrogen-bond acceptors (Lipinski definition) is 4. The van der Waals surface area contributed by atoms with Crippen LogP contribution in [0.3, 0.4) is 0 Å². The topological polar surface area (TPSA) is 88.9 Å². The highest BCUT2D eigenvalue weighted by atomic mass is 16.2. The minimum atomic E-state index is -0.368. The van der Waals surface area contributed by atoms with Gasteiger partial charge in [0, 0.05) is 29.8 Å². The minimum Gasteiger partial charge on any atom is -0.343 e. The number of benzene rings is 2. The Morgan fingerprint density at radius 2 is 1.76 bits per heavy atom. The summed E-state index contributed by atoms with van der Waals surface area (Å²) >= 11 is 0. The number of carbonyl (C=O) groups excluding carboxylic acids is 2. The predicted octanol–water partition coefficient (Wildman–Crippen LogP) is 3.92. The standard InChI is InChI=1S/C26H25N5O2/c1-2-20-11-6-7-13-23(20)29-24(32)16-28-26(33)22-18-31(17-19-9-4-3-5-10-19)30-25(22)21-12-8-14-27-15-21/h3-15,18H,2,16-17H2,1H3,(H,28,33)(H,29,32). The molecule has 0 saturated heterocycles. The first-order valence-corrected chi connectivity index (χ1v) is 10.8. The predicted molar refractivity (Wildman–Crippen MR) is 128 cm³/mol. The van der Waals surface area contributed by atoms with Gasteiger partial charge in [-0.15, -0.1) is 0 Å². The number of pyridine rings is 1. The molecule has 2 aromatic heterocycles. The Labute approximate surface area is 192 Å². The number of para-hydroxylation sites is 1. The Morgan fingerprint density at radius 3 is 2.52 bits per heavy atom. The number of carbonyl (C=O) groups is 2. The highest BCUT2D eigenvalue weighted by molar-refractivity contribution is 6.02. The van der Waals surface area contributed by atoms with Gasteiger partial charge in [-0.05, 0) is 35.7 Å². The van der Waals surface area contributed by atoms with Crippen molar-refractivity contribution in [3.05, 3.63) is 102 Å². The van der Waals surface area contributed by atoms with Crippen LogP contribution in [0, 0.1) is 0 Å². The average molecular weight is 440 g/mol. The molecular formula is C26H25N5O2. The Hall–Kier alpha value is -4.26. The lowest BCUT2D eigenvalue weighted by Crippen LogP contribution is -2.33. The van der Waals surface area contributed by atoms with Gasteiger partial charge in [-0.3, -0.25) is 19.3 Å². The van der Waals surface area contributed by atoms with E-state index in [1.165, 1.54) is 0 Å². The summed E-state index contributed by atoms with van der Waals surface area (Å²) in [6.07, 6.45) is 5.84. The molecule has 2 heterocycles. The molecule has 33 heavy (non-hydrogen) atoms. The molecule has 0 radical (unpaired) electrons. The van der Waals surface area contributed by atoms with Gasteiger partial charge in [0.2, 0.25) is 5.91 Å². The Bertz CT molecular complexity index is 1240. The summed E-state index contributed by atoms with van der Waals surface area (Å²) in [4.78, 5) is 29.6. The number of nitrogens with one attached hydrogen (secondary N) is 2. The number of hydrogen-bond donors (Lipinski definition) is 2. The van der Waals surface area contributed by atoms with Crippen molar-refractivity contribution in [2.75, 3.05) is 11.9 Å². The van der Waals surface area contributed by atoms with Gasteiger partial charge >= 0.3 is 0 Å². The van der Waals surface area contributed by atoms with Crippen LogP contribution < -0.4 is 10.6 Å². The summed E-state index contributed by atoms with van der Waals surface area (Å²) in [5, 5.41) is 10.2. The summed E-state index contributed by atoms with van der Waals surface area (Å²) in [5.74, 6) is -0.657. The van der Waals surface area contributed by atoms with E-state index in [9.17, 15) is 9.59 Å². The van der Waals surface area contributed by atoms with E-state index in [4.69, 9.17) is 0 Å². The lowest BCUT2D eigenvalue weighted by molar-refractivity contribution is -0.115. The summed E-state index contributed by atoms with van der Waals surface area (Å²) in [6, 6.07) is 21.2. The van der Waals surface area contributed by atoms with Gasteiger partial charge in [-0.25, -0.2) is 0 Å². The van der Waals surface area contributed by atoms with Gasteiger partial charge in [0.15, 0.2) is 0 Å². The molecule has 0 atom stereocenters. The van der Waals surface area contributed by atoms with Crippen molar-refractivity contribution in [1.82, 2.24) is 20.1 Å². The van der Waals surface area contributed by atoms with Crippen LogP contribution in [0.1, 0.15) is 28.4 Å². The Balaban J connectivity index is 1.50. The van der Waals surface area contributed by atoms with Crippen molar-refractivity contribution in [3.63, 3.8) is 0 Å². The van der Waals surface area contributed by atoms with E-state index >= 15 is 0 Å². The molecule has 7 nitrogen and oxygen atoms in total. The molecule has 2 N–H and O–H groups in total. The van der Waals surface area contributed by atoms with Crippen LogP contribution in [0.25, 0.3) is 11.3 Å². The second-order valence-corrected chi connectivity index (χ2v) is 7.56. The Kier molecular flexibility index (Phi) is 6.90. The first-order valence-electron chi connectivity index (χ1n) is 10.8. The largest absolute Gasteiger partial charge is 0.343 e. The molecule has 4 rings (SSSR count). The number of aromatic nitrogens is 3. The number of anilines is 1. The van der Waals surface area contributed by atoms with Crippen LogP contribution in [0.4, 0.5) is 5.69 Å². The van der Waals surface area contributed by atoms with Gasteiger partial charge in [0.1, 0.15) is 5.69 Å². The van der Waals surface area contributed by atoms with E-state index < -0.39 is 0 Å². The fourth-order valence-corrected chi connectivity index (χ4v) is 3.56. The third-order valence-corrected chi connectivity index (χ3v) is 5.21. The highest BCUT2D eigenvalue weighted by Crippen LogP contribution is 2.22. The normalized spacial score (nSPS) is 10.6. The first kappa shape index (κ1) is 22.0. The second-order valence-electron chi connectivity index (χ2n) is 7.56. The van der Waals surface area contributed by atoms with E-state index in [1.54, 1.807) is 29.3 Å². The molecule has 0 aliphatic heterocycles. The third-order valence-electron chi connectivity index (χ3n) is 5.21. The van der Waals surface area contributed by atoms with Crippen molar-refractivity contribution in [3.8, 4) is 11.3 Å². The van der Waals surface area contributed by atoms with Crippen molar-refractivity contribution in [2.45, 2.75) is 19.9 Å². The summed E-state index contributed by atoms with van der Waals surface area (Å²) in [6.45, 7) is 2.41. The van der Waals surface area contributed by atoms with Crippen LogP contribution in [0.15, 0.2) is 85.3 Å². The molecule has 4 aromatic rings. The zero-order valence-corrected chi connectivity index (χ0v) is 18.4. The van der Waals surface area contributed by atoms with Gasteiger partial charge in [0.05, 0.1) is 18.7 Å². The molecule has 0 aliphatic rings. The van der Waals surface area contributed by atoms with Gasteiger partial charge < -0.3 is 10.6 Å². The van der Waals surface area contributed by atoms with Crippen LogP contribution >= 0.6 is 0 Å². The van der Waals surface area contributed by atoms with Crippen LogP contribution in [-0.2, 0) is 17.8 Å². The molecule has 0 fully saturated rings. The Morgan fingerprint density at radius 1 is 0.970 bits per heavy atom. The zero-order chi connectivity index (χ0) is 23.0. The molecule has 0 saturated carbocycles. The molecule has 0 bridgehead atoms. The number of rotatable bonds is 8. The van der Waals surface area contributed by atoms with Crippen LogP contribution in [0.2, 0.25) is 0 Å². The smallest absolute Gasteiger partial charge is 0.255 e. The van der Waals surface area contributed by atoms with Gasteiger partial charge in [-0.1, -0.05) is 55.5 Å². The van der Waals surface area contributed by atoms with Crippen molar-refractivity contribution < 1.29 is 9.59 Å². The molecule has 166 valence electrons. The maximum Gasteiger partial charge on any atom is 0.255 e. The van der Waals surface area contributed by atoms with Crippen LogP contribution in [0.5, 0.6) is 0 Å². The third kappa shape index (κ3) is 5.51. The van der Waals surface area contributed by atoms with E-state index in [2.05, 4.69) is 20.7 Å². The SMILES string of the molecule is CCc1ccccc1NC(=O)CNC(=O)c1cn(Cc2ccccc2)nc1-c1cccnc1.